The minimum atomic E-state index is -2.77. The standard InChI is InChI=1S/C26H32O6S2/c1-15(2)13-25(31,22(33)18-9-5-16(3)6-10-18)24(30)26(32,21(29)20(28)14-27)23(34)19-11-7-17(4)8-12-19/h5-12,20-21,24,27-32H,1,13-14H2,2-4H3/t20-,21+,24+,25?,26-/m0/s1. The maximum absolute atomic E-state index is 11.8. The third-order valence-electron chi connectivity index (χ3n) is 5.83. The molecule has 0 saturated carbocycles. The Morgan fingerprint density at radius 3 is 1.65 bits per heavy atom. The van der Waals surface area contributed by atoms with Crippen molar-refractivity contribution in [1.82, 2.24) is 0 Å². The Bertz CT molecular complexity index is 1040. The smallest absolute Gasteiger partial charge is 0.157 e. The first-order valence-electron chi connectivity index (χ1n) is 10.8. The molecule has 5 atom stereocenters. The van der Waals surface area contributed by atoms with E-state index in [2.05, 4.69) is 6.58 Å². The summed E-state index contributed by atoms with van der Waals surface area (Å²) < 4.78 is 0. The van der Waals surface area contributed by atoms with Crippen molar-refractivity contribution >= 4 is 34.2 Å². The van der Waals surface area contributed by atoms with E-state index in [4.69, 9.17) is 24.4 Å². The van der Waals surface area contributed by atoms with Crippen LogP contribution < -0.4 is 0 Å². The highest BCUT2D eigenvalue weighted by atomic mass is 32.1. The highest BCUT2D eigenvalue weighted by Gasteiger charge is 2.58. The fraction of sp³-hybridized carbons (Fsp3) is 0.385. The summed E-state index contributed by atoms with van der Waals surface area (Å²) in [6, 6.07) is 13.5. The summed E-state index contributed by atoms with van der Waals surface area (Å²) in [6.45, 7) is 8.23. The van der Waals surface area contributed by atoms with Gasteiger partial charge in [0.2, 0.25) is 0 Å². The summed E-state index contributed by atoms with van der Waals surface area (Å²) in [5, 5.41) is 65.7. The van der Waals surface area contributed by atoms with Crippen LogP contribution in [0, 0.1) is 13.8 Å². The number of aliphatic hydroxyl groups excluding tert-OH is 4. The Balaban J connectivity index is 2.70. The summed E-state index contributed by atoms with van der Waals surface area (Å²) >= 11 is 11.0. The maximum atomic E-state index is 11.8. The van der Waals surface area contributed by atoms with Gasteiger partial charge in [-0.05, 0) is 31.9 Å². The second-order valence-corrected chi connectivity index (χ2v) is 9.69. The SMILES string of the molecule is C=C(C)CC(O)(C(=S)c1ccc(C)cc1)[C@@H](O)[C@@](O)(C(=S)c1ccc(C)cc1)[C@H](O)[C@@H](O)CO. The predicted molar refractivity (Wildman–Crippen MR) is 140 cm³/mol. The van der Waals surface area contributed by atoms with Crippen molar-refractivity contribution in [3.05, 3.63) is 82.9 Å². The first kappa shape index (κ1) is 28.4. The van der Waals surface area contributed by atoms with E-state index in [9.17, 15) is 30.6 Å². The molecule has 8 heteroatoms. The Morgan fingerprint density at radius 1 is 0.853 bits per heavy atom. The van der Waals surface area contributed by atoms with Crippen LogP contribution in [0.5, 0.6) is 0 Å². The first-order valence-corrected chi connectivity index (χ1v) is 11.6. The first-order chi connectivity index (χ1) is 15.8. The van der Waals surface area contributed by atoms with Gasteiger partial charge in [-0.3, -0.25) is 0 Å². The van der Waals surface area contributed by atoms with E-state index in [1.54, 1.807) is 55.5 Å². The molecule has 6 nitrogen and oxygen atoms in total. The van der Waals surface area contributed by atoms with Gasteiger partial charge in [0.25, 0.3) is 0 Å². The molecular weight excluding hydrogens is 472 g/mol. The molecule has 0 spiro atoms. The number of benzene rings is 2. The monoisotopic (exact) mass is 504 g/mol. The van der Waals surface area contributed by atoms with Crippen molar-refractivity contribution in [2.24, 2.45) is 0 Å². The zero-order chi connectivity index (χ0) is 25.8. The van der Waals surface area contributed by atoms with Gasteiger partial charge in [-0.1, -0.05) is 89.7 Å². The molecule has 184 valence electrons. The van der Waals surface area contributed by atoms with Crippen LogP contribution in [-0.2, 0) is 0 Å². The van der Waals surface area contributed by atoms with Crippen LogP contribution in [-0.4, -0.2) is 76.5 Å². The van der Waals surface area contributed by atoms with Gasteiger partial charge < -0.3 is 30.6 Å². The normalized spacial score (nSPS) is 17.7. The van der Waals surface area contributed by atoms with Crippen molar-refractivity contribution in [3.63, 3.8) is 0 Å². The van der Waals surface area contributed by atoms with Gasteiger partial charge in [0.05, 0.1) is 16.3 Å². The fourth-order valence-corrected chi connectivity index (χ4v) is 4.52. The summed E-state index contributed by atoms with van der Waals surface area (Å²) in [5.74, 6) is 0. The zero-order valence-corrected chi connectivity index (χ0v) is 21.1. The van der Waals surface area contributed by atoms with Crippen LogP contribution >= 0.6 is 24.4 Å². The number of hydrogen-bond donors (Lipinski definition) is 6. The van der Waals surface area contributed by atoms with E-state index < -0.39 is 36.1 Å². The number of hydrogen-bond acceptors (Lipinski definition) is 8. The molecule has 0 aliphatic heterocycles. The van der Waals surface area contributed by atoms with E-state index >= 15 is 0 Å². The molecule has 0 saturated heterocycles. The van der Waals surface area contributed by atoms with Gasteiger partial charge in [0.1, 0.15) is 23.9 Å². The molecule has 1 unspecified atom stereocenters. The number of rotatable bonds is 11. The van der Waals surface area contributed by atoms with E-state index in [0.29, 0.717) is 11.1 Å². The second-order valence-electron chi connectivity index (χ2n) is 8.87. The number of aryl methyl sites for hydroxylation is 2. The Hall–Kier alpha value is -1.88. The highest BCUT2D eigenvalue weighted by Crippen LogP contribution is 2.36. The molecule has 0 amide bonds. The van der Waals surface area contributed by atoms with Gasteiger partial charge in [0.15, 0.2) is 5.60 Å². The van der Waals surface area contributed by atoms with E-state index in [-0.39, 0.29) is 21.7 Å². The lowest BCUT2D eigenvalue weighted by Gasteiger charge is -2.46. The Morgan fingerprint density at radius 2 is 1.26 bits per heavy atom. The van der Waals surface area contributed by atoms with Crippen molar-refractivity contribution in [3.8, 4) is 0 Å². The van der Waals surface area contributed by atoms with Gasteiger partial charge in [0, 0.05) is 6.42 Å². The molecule has 0 fully saturated rings. The van der Waals surface area contributed by atoms with Crippen molar-refractivity contribution < 1.29 is 30.6 Å². The molecule has 0 aromatic heterocycles. The third-order valence-corrected chi connectivity index (χ3v) is 6.98. The molecule has 2 rings (SSSR count). The second kappa shape index (κ2) is 11.2. The number of thiocarbonyl (C=S) groups is 2. The molecule has 2 aromatic carbocycles. The summed E-state index contributed by atoms with van der Waals surface area (Å²) in [5.41, 5.74) is -2.08. The largest absolute Gasteiger partial charge is 0.394 e. The van der Waals surface area contributed by atoms with Crippen molar-refractivity contribution in [2.45, 2.75) is 56.7 Å². The fourth-order valence-electron chi connectivity index (χ4n) is 3.83. The number of aliphatic hydroxyl groups is 6. The molecular formula is C26H32O6S2. The van der Waals surface area contributed by atoms with Crippen LogP contribution in [0.2, 0.25) is 0 Å². The Labute approximate surface area is 210 Å². The molecule has 2 aromatic rings. The van der Waals surface area contributed by atoms with Gasteiger partial charge in [-0.25, -0.2) is 0 Å². The molecule has 0 heterocycles. The van der Waals surface area contributed by atoms with Gasteiger partial charge >= 0.3 is 0 Å². The average molecular weight is 505 g/mol. The molecule has 34 heavy (non-hydrogen) atoms. The van der Waals surface area contributed by atoms with Crippen LogP contribution in [0.1, 0.15) is 35.6 Å². The molecule has 0 bridgehead atoms. The van der Waals surface area contributed by atoms with E-state index in [1.165, 1.54) is 0 Å². The minimum absolute atomic E-state index is 0.0983. The van der Waals surface area contributed by atoms with Crippen LogP contribution in [0.3, 0.4) is 0 Å². The molecule has 0 aliphatic rings. The average Bonchev–Trinajstić information content (AvgIpc) is 2.81. The van der Waals surface area contributed by atoms with Gasteiger partial charge in [-0.2, -0.15) is 0 Å². The molecule has 0 radical (unpaired) electrons. The molecule has 6 N–H and O–H groups in total. The van der Waals surface area contributed by atoms with E-state index in [0.717, 1.165) is 11.1 Å². The topological polar surface area (TPSA) is 121 Å². The van der Waals surface area contributed by atoms with Crippen molar-refractivity contribution in [2.75, 3.05) is 6.61 Å². The maximum Gasteiger partial charge on any atom is 0.157 e. The van der Waals surface area contributed by atoms with Crippen molar-refractivity contribution in [1.29, 1.82) is 0 Å². The predicted octanol–water partition coefficient (Wildman–Crippen LogP) is 1.94. The van der Waals surface area contributed by atoms with Gasteiger partial charge in [-0.15, -0.1) is 6.58 Å². The zero-order valence-electron chi connectivity index (χ0n) is 19.5. The lowest BCUT2D eigenvalue weighted by Crippen LogP contribution is -2.70. The summed E-state index contributed by atoms with van der Waals surface area (Å²) in [6.07, 6.45) is -6.49. The van der Waals surface area contributed by atoms with Crippen LogP contribution in [0.25, 0.3) is 0 Å². The van der Waals surface area contributed by atoms with Crippen LogP contribution in [0.15, 0.2) is 60.7 Å². The summed E-state index contributed by atoms with van der Waals surface area (Å²) in [7, 11) is 0. The lowest BCUT2D eigenvalue weighted by molar-refractivity contribution is -0.180. The highest BCUT2D eigenvalue weighted by molar-refractivity contribution is 7.81. The molecule has 0 aliphatic carbocycles. The summed E-state index contributed by atoms with van der Waals surface area (Å²) in [4.78, 5) is -0.425. The van der Waals surface area contributed by atoms with Crippen LogP contribution in [0.4, 0.5) is 0 Å². The quantitative estimate of drug-likeness (QED) is 0.156. The lowest BCUT2D eigenvalue weighted by atomic mass is 9.70. The minimum Gasteiger partial charge on any atom is -0.394 e. The third kappa shape index (κ3) is 5.67. The Kier molecular flexibility index (Phi) is 9.37. The van der Waals surface area contributed by atoms with E-state index in [1.807, 2.05) is 13.8 Å².